The zero-order valence-electron chi connectivity index (χ0n) is 19.9. The van der Waals surface area contributed by atoms with E-state index in [0.717, 1.165) is 16.7 Å². The molecule has 0 unspecified atom stereocenters. The molecule has 2 aliphatic heterocycles. The number of aryl methyl sites for hydroxylation is 2. The van der Waals surface area contributed by atoms with Gasteiger partial charge in [0, 0.05) is 35.8 Å². The predicted octanol–water partition coefficient (Wildman–Crippen LogP) is 3.43. The number of benzene rings is 2. The lowest BCUT2D eigenvalue weighted by molar-refractivity contribution is -0.124. The van der Waals surface area contributed by atoms with Crippen molar-refractivity contribution in [1.82, 2.24) is 4.90 Å². The first-order chi connectivity index (χ1) is 16.3. The second-order valence-electron chi connectivity index (χ2n) is 9.12. The van der Waals surface area contributed by atoms with Crippen LogP contribution in [0, 0.1) is 30.6 Å². The first kappa shape index (κ1) is 23.7. The van der Waals surface area contributed by atoms with E-state index in [1.165, 1.54) is 0 Å². The lowest BCUT2D eigenvalue weighted by Crippen LogP contribution is -2.48. The van der Waals surface area contributed by atoms with Crippen LogP contribution in [-0.4, -0.2) is 55.5 Å². The van der Waals surface area contributed by atoms with E-state index in [9.17, 15) is 4.79 Å². The summed E-state index contributed by atoms with van der Waals surface area (Å²) in [5.74, 6) is 0.241. The van der Waals surface area contributed by atoms with Crippen LogP contribution < -0.4 is 5.73 Å². The number of nitrogens with zero attached hydrogens (tertiary/aromatic N) is 2. The molecule has 4 rings (SSSR count). The highest BCUT2D eigenvalue weighted by Crippen LogP contribution is 2.30. The highest BCUT2D eigenvalue weighted by Gasteiger charge is 2.33. The third-order valence-corrected chi connectivity index (χ3v) is 6.69. The first-order valence-corrected chi connectivity index (χ1v) is 11.4. The van der Waals surface area contributed by atoms with Gasteiger partial charge in [0.1, 0.15) is 6.10 Å². The number of carbonyl (C=O) groups is 1. The molecule has 2 aliphatic rings. The zero-order valence-corrected chi connectivity index (χ0v) is 19.9. The van der Waals surface area contributed by atoms with E-state index >= 15 is 0 Å². The third-order valence-electron chi connectivity index (χ3n) is 6.69. The first-order valence-electron chi connectivity index (χ1n) is 11.4. The molecule has 0 bridgehead atoms. The van der Waals surface area contributed by atoms with Gasteiger partial charge >= 0.3 is 0 Å². The van der Waals surface area contributed by atoms with Crippen LogP contribution in [0.2, 0.25) is 0 Å². The Bertz CT molecular complexity index is 1180. The molecule has 0 atom stereocenters. The highest BCUT2D eigenvalue weighted by atomic mass is 16.6. The number of nitrogens with one attached hydrogen (secondary N) is 1. The smallest absolute Gasteiger partial charge is 0.254 e. The fourth-order valence-electron chi connectivity index (χ4n) is 4.20. The maximum atomic E-state index is 13.3. The Morgan fingerprint density at radius 1 is 1.18 bits per heavy atom. The second kappa shape index (κ2) is 9.80. The van der Waals surface area contributed by atoms with Gasteiger partial charge in [-0.05, 0) is 61.2 Å². The van der Waals surface area contributed by atoms with Gasteiger partial charge in [0.2, 0.25) is 0 Å². The second-order valence-corrected chi connectivity index (χ2v) is 9.12. The Labute approximate surface area is 200 Å². The van der Waals surface area contributed by atoms with Crippen LogP contribution in [0.4, 0.5) is 0 Å². The number of carbonyl (C=O) groups excluding carboxylic acids is 1. The standard InChI is InChI=1S/C27H30N4O3/c1-16-8-17(2)24(9-23(16)26(30)18(3)25(29)15-34-22-13-33-14-22)27(32)31-11-21(12-31)20-6-4-19(10-28)5-7-20/h4-9,21-22,30H,11-15,29H2,1-3H3/b25-18-,30-26?. The van der Waals surface area contributed by atoms with Crippen LogP contribution in [-0.2, 0) is 9.47 Å². The normalized spacial score (nSPS) is 16.8. The molecule has 0 aromatic heterocycles. The summed E-state index contributed by atoms with van der Waals surface area (Å²) in [7, 11) is 0. The molecule has 34 heavy (non-hydrogen) atoms. The fraction of sp³-hybridized carbons (Fsp3) is 0.370. The van der Waals surface area contributed by atoms with Gasteiger partial charge in [-0.2, -0.15) is 5.26 Å². The molecule has 0 spiro atoms. The lowest BCUT2D eigenvalue weighted by Gasteiger charge is -2.40. The molecular weight excluding hydrogens is 428 g/mol. The Balaban J connectivity index is 1.47. The summed E-state index contributed by atoms with van der Waals surface area (Å²) in [6.07, 6.45) is 0.0653. The summed E-state index contributed by atoms with van der Waals surface area (Å²) in [5, 5.41) is 17.7. The molecule has 0 aliphatic carbocycles. The highest BCUT2D eigenvalue weighted by molar-refractivity contribution is 6.12. The molecule has 7 heteroatoms. The van der Waals surface area contributed by atoms with Crippen molar-refractivity contribution in [3.05, 3.63) is 81.0 Å². The van der Waals surface area contributed by atoms with Gasteiger partial charge in [-0.15, -0.1) is 0 Å². The number of rotatable bonds is 7. The summed E-state index contributed by atoms with van der Waals surface area (Å²) in [6.45, 7) is 8.38. The Kier molecular flexibility index (Phi) is 6.82. The molecule has 0 saturated carbocycles. The number of nitriles is 1. The maximum Gasteiger partial charge on any atom is 0.254 e. The molecule has 0 radical (unpaired) electrons. The van der Waals surface area contributed by atoms with E-state index in [-0.39, 0.29) is 24.5 Å². The van der Waals surface area contributed by atoms with Gasteiger partial charge in [0.15, 0.2) is 0 Å². The lowest BCUT2D eigenvalue weighted by atomic mass is 9.89. The van der Waals surface area contributed by atoms with Gasteiger partial charge < -0.3 is 20.1 Å². The number of allylic oxidation sites excluding steroid dienone is 1. The number of hydrogen-bond acceptors (Lipinski definition) is 6. The average Bonchev–Trinajstić information content (AvgIpc) is 2.76. The van der Waals surface area contributed by atoms with Crippen LogP contribution >= 0.6 is 0 Å². The zero-order chi connectivity index (χ0) is 24.4. The molecule has 3 N–H and O–H groups in total. The van der Waals surface area contributed by atoms with E-state index in [2.05, 4.69) is 6.07 Å². The minimum absolute atomic E-state index is 0.0284. The van der Waals surface area contributed by atoms with Gasteiger partial charge in [-0.25, -0.2) is 0 Å². The molecule has 7 nitrogen and oxygen atoms in total. The van der Waals surface area contributed by atoms with Crippen LogP contribution in [0.15, 0.2) is 47.7 Å². The van der Waals surface area contributed by atoms with E-state index in [1.54, 1.807) is 0 Å². The fourth-order valence-corrected chi connectivity index (χ4v) is 4.20. The molecule has 176 valence electrons. The van der Waals surface area contributed by atoms with Crippen LogP contribution in [0.3, 0.4) is 0 Å². The molecular formula is C27H30N4O3. The van der Waals surface area contributed by atoms with Crippen molar-refractivity contribution >= 4 is 11.6 Å². The number of nitrogens with two attached hydrogens (primary N) is 1. The van der Waals surface area contributed by atoms with Gasteiger partial charge in [0.25, 0.3) is 5.91 Å². The Morgan fingerprint density at radius 3 is 2.41 bits per heavy atom. The topological polar surface area (TPSA) is 112 Å². The molecule has 2 aromatic rings. The van der Waals surface area contributed by atoms with Crippen LogP contribution in [0.5, 0.6) is 0 Å². The monoisotopic (exact) mass is 458 g/mol. The van der Waals surface area contributed by atoms with Gasteiger partial charge in [-0.1, -0.05) is 18.2 Å². The molecule has 2 fully saturated rings. The van der Waals surface area contributed by atoms with E-state index in [4.69, 9.17) is 25.9 Å². The summed E-state index contributed by atoms with van der Waals surface area (Å²) in [6, 6.07) is 13.5. The summed E-state index contributed by atoms with van der Waals surface area (Å²) in [4.78, 5) is 15.1. The molecule has 2 aromatic carbocycles. The Hall–Kier alpha value is -3.47. The van der Waals surface area contributed by atoms with Crippen molar-refractivity contribution in [2.75, 3.05) is 32.9 Å². The molecule has 1 amide bonds. The largest absolute Gasteiger partial charge is 0.400 e. The SMILES string of the molecule is C/C(C(=N)c1cc(C(=O)N2CC(c3ccc(C#N)cc3)C2)c(C)cc1C)=C(/N)COC1COC1. The van der Waals surface area contributed by atoms with Crippen molar-refractivity contribution in [1.29, 1.82) is 10.7 Å². The molecule has 2 saturated heterocycles. The number of ether oxygens (including phenoxy) is 2. The average molecular weight is 459 g/mol. The van der Waals surface area contributed by atoms with E-state index < -0.39 is 0 Å². The summed E-state index contributed by atoms with van der Waals surface area (Å²) >= 11 is 0. The van der Waals surface area contributed by atoms with Crippen molar-refractivity contribution in [2.45, 2.75) is 32.8 Å². The van der Waals surface area contributed by atoms with Gasteiger partial charge in [0.05, 0.1) is 37.2 Å². The maximum absolute atomic E-state index is 13.3. The third kappa shape index (κ3) is 4.74. The number of hydrogen-bond donors (Lipinski definition) is 2. The summed E-state index contributed by atoms with van der Waals surface area (Å²) in [5.41, 5.74) is 12.6. The number of likely N-dealkylation sites (tertiary alicyclic amines) is 1. The van der Waals surface area contributed by atoms with Crippen molar-refractivity contribution in [3.63, 3.8) is 0 Å². The van der Waals surface area contributed by atoms with Crippen LogP contribution in [0.25, 0.3) is 0 Å². The minimum atomic E-state index is -0.0284. The summed E-state index contributed by atoms with van der Waals surface area (Å²) < 4.78 is 10.8. The van der Waals surface area contributed by atoms with E-state index in [0.29, 0.717) is 60.0 Å². The quantitative estimate of drug-likeness (QED) is 0.617. The van der Waals surface area contributed by atoms with Crippen LogP contribution in [0.1, 0.15) is 51.0 Å². The van der Waals surface area contributed by atoms with Gasteiger partial charge in [-0.3, -0.25) is 10.2 Å². The minimum Gasteiger partial charge on any atom is -0.400 e. The van der Waals surface area contributed by atoms with E-state index in [1.807, 2.05) is 62.1 Å². The van der Waals surface area contributed by atoms with Crippen molar-refractivity contribution in [2.24, 2.45) is 5.73 Å². The van der Waals surface area contributed by atoms with Crippen molar-refractivity contribution in [3.8, 4) is 6.07 Å². The Morgan fingerprint density at radius 2 is 1.82 bits per heavy atom. The number of amides is 1. The predicted molar refractivity (Wildman–Crippen MR) is 130 cm³/mol. The molecule has 2 heterocycles. The van der Waals surface area contributed by atoms with Crippen molar-refractivity contribution < 1.29 is 14.3 Å².